The van der Waals surface area contributed by atoms with Crippen molar-refractivity contribution >= 4 is 16.9 Å². The van der Waals surface area contributed by atoms with Crippen molar-refractivity contribution in [3.8, 4) is 0 Å². The summed E-state index contributed by atoms with van der Waals surface area (Å²) >= 11 is 1.49. The number of nitrogens with zero attached hydrogens (tertiary/aromatic N) is 2. The summed E-state index contributed by atoms with van der Waals surface area (Å²) in [5.41, 5.74) is -0.262. The lowest BCUT2D eigenvalue weighted by Gasteiger charge is -2.40. The molecule has 0 saturated carbocycles. The lowest BCUT2D eigenvalue weighted by atomic mass is 9.95. The molecule has 2 aliphatic heterocycles. The van der Waals surface area contributed by atoms with E-state index >= 15 is 0 Å². The highest BCUT2D eigenvalue weighted by molar-refractivity contribution is 8.14. The molecule has 1 saturated heterocycles. The molecule has 2 aliphatic rings. The molecule has 0 spiro atoms. The molecule has 0 unspecified atom stereocenters. The molecule has 0 radical (unpaired) electrons. The average Bonchev–Trinajstić information content (AvgIpc) is 2.91. The molecule has 6 nitrogen and oxygen atoms in total. The average molecular weight is 332 g/mol. The van der Waals surface area contributed by atoms with Gasteiger partial charge in [0.25, 0.3) is 0 Å². The number of aliphatic hydroxyl groups excluding tert-OH is 2. The highest BCUT2D eigenvalue weighted by atomic mass is 32.2. The second-order valence-electron chi connectivity index (χ2n) is 6.15. The molecule has 0 bridgehead atoms. The van der Waals surface area contributed by atoms with Crippen molar-refractivity contribution in [1.82, 2.24) is 4.90 Å². The fourth-order valence-corrected chi connectivity index (χ4v) is 3.84. The Bertz CT molecular complexity index is 394. The van der Waals surface area contributed by atoms with Gasteiger partial charge in [-0.2, -0.15) is 0 Å². The molecule has 0 aliphatic carbocycles. The number of hydrogen-bond donors (Lipinski definition) is 2. The summed E-state index contributed by atoms with van der Waals surface area (Å²) in [5, 5.41) is 21.5. The summed E-state index contributed by atoms with van der Waals surface area (Å²) in [6.07, 6.45) is 0.590. The molecule has 0 aromatic carbocycles. The fraction of sp³-hybridized carbons (Fsp3) is 0.933. The molecule has 128 valence electrons. The van der Waals surface area contributed by atoms with Crippen molar-refractivity contribution in [1.29, 1.82) is 0 Å². The van der Waals surface area contributed by atoms with Gasteiger partial charge in [0, 0.05) is 20.7 Å². The SMILES string of the molecule is CCCCCO[C@@H](C)[C@H]1O[C@@H]2SC(N(C)C)=N[C@@H]2[C@@H](O)[C@@H]1O. The van der Waals surface area contributed by atoms with Gasteiger partial charge in [-0.05, 0) is 13.3 Å². The van der Waals surface area contributed by atoms with Crippen LogP contribution in [0, 0.1) is 0 Å². The first-order chi connectivity index (χ1) is 10.5. The number of unbranched alkanes of at least 4 members (excludes halogenated alkanes) is 2. The zero-order valence-corrected chi connectivity index (χ0v) is 14.6. The van der Waals surface area contributed by atoms with Crippen LogP contribution in [0.3, 0.4) is 0 Å². The van der Waals surface area contributed by atoms with Gasteiger partial charge in [-0.25, -0.2) is 0 Å². The lowest BCUT2D eigenvalue weighted by Crippen LogP contribution is -2.58. The van der Waals surface area contributed by atoms with E-state index in [9.17, 15) is 10.2 Å². The van der Waals surface area contributed by atoms with Crippen molar-refractivity contribution in [3.63, 3.8) is 0 Å². The minimum absolute atomic E-state index is 0.258. The van der Waals surface area contributed by atoms with Gasteiger partial charge >= 0.3 is 0 Å². The van der Waals surface area contributed by atoms with Crippen molar-refractivity contribution < 1.29 is 19.7 Å². The topological polar surface area (TPSA) is 74.5 Å². The molecule has 7 heteroatoms. The minimum atomic E-state index is -0.978. The summed E-state index contributed by atoms with van der Waals surface area (Å²) < 4.78 is 11.8. The molecule has 1 fully saturated rings. The third kappa shape index (κ3) is 3.94. The van der Waals surface area contributed by atoms with Gasteiger partial charge < -0.3 is 24.6 Å². The van der Waals surface area contributed by atoms with E-state index in [1.165, 1.54) is 11.8 Å². The van der Waals surface area contributed by atoms with E-state index in [1.54, 1.807) is 0 Å². The standard InChI is InChI=1S/C15H28N2O4S/c1-5-6-7-8-20-9(2)13-12(19)11(18)10-14(21-13)22-15(16-10)17(3)4/h9-14,18-19H,5-8H2,1-4H3/t9-,10+,11+,12-,13+,14+/m0/s1. The molecule has 2 rings (SSSR count). The monoisotopic (exact) mass is 332 g/mol. The number of fused-ring (bicyclic) bond motifs is 1. The summed E-state index contributed by atoms with van der Waals surface area (Å²) in [7, 11) is 3.81. The van der Waals surface area contributed by atoms with Crippen LogP contribution in [0.4, 0.5) is 0 Å². The Hall–Kier alpha value is -0.340. The van der Waals surface area contributed by atoms with E-state index in [1.807, 2.05) is 25.9 Å². The molecular weight excluding hydrogens is 304 g/mol. The largest absolute Gasteiger partial charge is 0.388 e. The first kappa shape index (κ1) is 18.0. The molecular formula is C15H28N2O4S. The summed E-state index contributed by atoms with van der Waals surface area (Å²) in [6.45, 7) is 4.69. The van der Waals surface area contributed by atoms with Crippen molar-refractivity contribution in [2.24, 2.45) is 4.99 Å². The molecule has 0 aromatic heterocycles. The van der Waals surface area contributed by atoms with Gasteiger partial charge in [-0.1, -0.05) is 31.5 Å². The number of aliphatic hydroxyl groups is 2. The highest BCUT2D eigenvalue weighted by Gasteiger charge is 2.50. The molecule has 0 amide bonds. The van der Waals surface area contributed by atoms with Crippen molar-refractivity contribution in [2.45, 2.75) is 69.0 Å². The number of rotatable bonds is 6. The maximum absolute atomic E-state index is 10.4. The third-order valence-electron chi connectivity index (χ3n) is 4.06. The first-order valence-corrected chi connectivity index (χ1v) is 8.88. The Balaban J connectivity index is 1.93. The number of aliphatic imine (C=N–C) groups is 1. The van der Waals surface area contributed by atoms with Gasteiger partial charge in [0.1, 0.15) is 29.8 Å². The zero-order valence-electron chi connectivity index (χ0n) is 13.8. The van der Waals surface area contributed by atoms with Gasteiger partial charge in [0.05, 0.1) is 6.10 Å². The maximum Gasteiger partial charge on any atom is 0.161 e. The van der Waals surface area contributed by atoms with E-state index < -0.39 is 24.4 Å². The van der Waals surface area contributed by atoms with Gasteiger partial charge in [0.15, 0.2) is 5.17 Å². The Labute approximate surface area is 136 Å². The lowest BCUT2D eigenvalue weighted by molar-refractivity contribution is -0.191. The van der Waals surface area contributed by atoms with Crippen LogP contribution in [0.2, 0.25) is 0 Å². The second-order valence-corrected chi connectivity index (χ2v) is 7.21. The number of ether oxygens (including phenoxy) is 2. The normalized spacial score (nSPS) is 35.9. The number of amidine groups is 1. The van der Waals surface area contributed by atoms with E-state index in [-0.39, 0.29) is 11.5 Å². The van der Waals surface area contributed by atoms with Crippen LogP contribution in [0.15, 0.2) is 4.99 Å². The van der Waals surface area contributed by atoms with E-state index in [4.69, 9.17) is 9.47 Å². The van der Waals surface area contributed by atoms with Crippen LogP contribution >= 0.6 is 11.8 Å². The minimum Gasteiger partial charge on any atom is -0.388 e. The van der Waals surface area contributed by atoms with Crippen molar-refractivity contribution in [3.05, 3.63) is 0 Å². The third-order valence-corrected chi connectivity index (χ3v) is 5.37. The maximum atomic E-state index is 10.4. The van der Waals surface area contributed by atoms with Crippen LogP contribution in [0.1, 0.15) is 33.1 Å². The molecule has 2 heterocycles. The Kier molecular flexibility index (Phi) is 6.52. The summed E-state index contributed by atoms with van der Waals surface area (Å²) in [5.74, 6) is 0. The Morgan fingerprint density at radius 1 is 1.32 bits per heavy atom. The van der Waals surface area contributed by atoms with Crippen molar-refractivity contribution in [2.75, 3.05) is 20.7 Å². The predicted octanol–water partition coefficient (Wildman–Crippen LogP) is 1.06. The van der Waals surface area contributed by atoms with Gasteiger partial charge in [0.2, 0.25) is 0 Å². The van der Waals surface area contributed by atoms with E-state index in [0.717, 1.165) is 24.4 Å². The van der Waals surface area contributed by atoms with Crippen LogP contribution in [-0.2, 0) is 9.47 Å². The Morgan fingerprint density at radius 3 is 2.68 bits per heavy atom. The zero-order chi connectivity index (χ0) is 16.3. The molecule has 22 heavy (non-hydrogen) atoms. The van der Waals surface area contributed by atoms with Gasteiger partial charge in [-0.15, -0.1) is 0 Å². The fourth-order valence-electron chi connectivity index (χ4n) is 2.70. The predicted molar refractivity (Wildman–Crippen MR) is 88.1 cm³/mol. The summed E-state index contributed by atoms with van der Waals surface area (Å²) in [4.78, 5) is 6.34. The molecule has 2 N–H and O–H groups in total. The smallest absolute Gasteiger partial charge is 0.161 e. The Morgan fingerprint density at radius 2 is 2.05 bits per heavy atom. The number of hydrogen-bond acceptors (Lipinski definition) is 7. The van der Waals surface area contributed by atoms with E-state index in [0.29, 0.717) is 6.61 Å². The summed E-state index contributed by atoms with van der Waals surface area (Å²) in [6, 6.07) is -0.416. The van der Waals surface area contributed by atoms with Crippen LogP contribution < -0.4 is 0 Å². The molecule has 0 aromatic rings. The van der Waals surface area contributed by atoms with Crippen LogP contribution in [0.25, 0.3) is 0 Å². The quantitative estimate of drug-likeness (QED) is 0.709. The van der Waals surface area contributed by atoms with Crippen LogP contribution in [0.5, 0.6) is 0 Å². The first-order valence-electron chi connectivity index (χ1n) is 8.00. The van der Waals surface area contributed by atoms with Crippen LogP contribution in [-0.4, -0.2) is 76.9 Å². The number of thioether (sulfide) groups is 1. The molecule has 6 atom stereocenters. The van der Waals surface area contributed by atoms with Gasteiger partial charge in [-0.3, -0.25) is 4.99 Å². The highest BCUT2D eigenvalue weighted by Crippen LogP contribution is 2.38. The van der Waals surface area contributed by atoms with E-state index in [2.05, 4.69) is 11.9 Å². The second kappa shape index (κ2) is 7.97.